The number of nitrogens with two attached hydrogens (primary N) is 1. The summed E-state index contributed by atoms with van der Waals surface area (Å²) < 4.78 is 13.1. The van der Waals surface area contributed by atoms with Crippen molar-refractivity contribution in [3.63, 3.8) is 0 Å². The van der Waals surface area contributed by atoms with Crippen molar-refractivity contribution in [1.82, 2.24) is 0 Å². The topological polar surface area (TPSA) is 46.2 Å². The molecule has 0 aliphatic carbocycles. The maximum atomic E-state index is 13.1. The Labute approximate surface area is 77.2 Å². The first-order chi connectivity index (χ1) is 6.09. The molecule has 1 rings (SSSR count). The van der Waals surface area contributed by atoms with Crippen LogP contribution in [0.5, 0.6) is 5.75 Å². The predicted molar refractivity (Wildman–Crippen MR) is 50.4 cm³/mol. The Morgan fingerprint density at radius 2 is 2.23 bits per heavy atom. The Bertz CT molecular complexity index is 275. The maximum Gasteiger partial charge on any atom is 0.119 e. The molecule has 0 saturated carbocycles. The molecule has 0 fully saturated rings. The number of benzene rings is 1. The Hall–Kier alpha value is -1.09. The van der Waals surface area contributed by atoms with Gasteiger partial charge in [-0.15, -0.1) is 0 Å². The number of hydrogen-bond donors (Lipinski definition) is 2. The molecule has 1 aromatic rings. The van der Waals surface area contributed by atoms with Gasteiger partial charge in [-0.25, -0.2) is 4.39 Å². The second-order valence-corrected chi connectivity index (χ2v) is 3.25. The van der Waals surface area contributed by atoms with Gasteiger partial charge in [0.15, 0.2) is 0 Å². The molecule has 0 heterocycles. The van der Waals surface area contributed by atoms with E-state index in [-0.39, 0.29) is 12.2 Å². The summed E-state index contributed by atoms with van der Waals surface area (Å²) in [5.74, 6) is 0.161. The van der Waals surface area contributed by atoms with E-state index in [9.17, 15) is 4.39 Å². The lowest BCUT2D eigenvalue weighted by atomic mass is 10.0. The minimum absolute atomic E-state index is 0.161. The average Bonchev–Trinajstić information content (AvgIpc) is 2.04. The number of phenolic OH excluding ortho intramolecular Hbond substituents is 1. The van der Waals surface area contributed by atoms with Crippen molar-refractivity contribution in [3.05, 3.63) is 29.8 Å². The van der Waals surface area contributed by atoms with Crippen molar-refractivity contribution in [2.75, 3.05) is 0 Å². The molecule has 0 aliphatic heterocycles. The molecule has 0 aromatic heterocycles. The first kappa shape index (κ1) is 9.99. The zero-order valence-electron chi connectivity index (χ0n) is 7.57. The smallest absolute Gasteiger partial charge is 0.119 e. The number of hydrogen-bond acceptors (Lipinski definition) is 2. The van der Waals surface area contributed by atoms with Crippen molar-refractivity contribution in [2.24, 2.45) is 5.73 Å². The number of phenols is 1. The summed E-state index contributed by atoms with van der Waals surface area (Å²) in [5.41, 5.74) is 6.15. The normalized spacial score (nSPS) is 15.3. The zero-order chi connectivity index (χ0) is 9.84. The molecule has 0 bridgehead atoms. The van der Waals surface area contributed by atoms with Gasteiger partial charge in [-0.05, 0) is 24.6 Å². The van der Waals surface area contributed by atoms with Crippen LogP contribution < -0.4 is 5.73 Å². The summed E-state index contributed by atoms with van der Waals surface area (Å²) in [6.07, 6.45) is -0.798. The maximum absolute atomic E-state index is 13.1. The van der Waals surface area contributed by atoms with E-state index in [4.69, 9.17) is 10.8 Å². The lowest BCUT2D eigenvalue weighted by Crippen LogP contribution is -2.29. The van der Waals surface area contributed by atoms with Gasteiger partial charge in [0, 0.05) is 12.5 Å². The van der Waals surface area contributed by atoms with Gasteiger partial charge < -0.3 is 10.8 Å². The van der Waals surface area contributed by atoms with Crippen LogP contribution in [0.25, 0.3) is 0 Å². The molecule has 13 heavy (non-hydrogen) atoms. The fourth-order valence-electron chi connectivity index (χ4n) is 1.09. The summed E-state index contributed by atoms with van der Waals surface area (Å²) in [4.78, 5) is 0. The van der Waals surface area contributed by atoms with E-state index in [2.05, 4.69) is 0 Å². The highest BCUT2D eigenvalue weighted by Gasteiger charge is 2.12. The van der Waals surface area contributed by atoms with Gasteiger partial charge in [0.2, 0.25) is 0 Å². The molecule has 0 radical (unpaired) electrons. The molecule has 72 valence electrons. The van der Waals surface area contributed by atoms with Gasteiger partial charge in [0.1, 0.15) is 11.9 Å². The highest BCUT2D eigenvalue weighted by atomic mass is 19.1. The highest BCUT2D eigenvalue weighted by molar-refractivity contribution is 5.27. The largest absolute Gasteiger partial charge is 0.508 e. The molecule has 2 atom stereocenters. The molecule has 2 unspecified atom stereocenters. The van der Waals surface area contributed by atoms with Gasteiger partial charge in [-0.3, -0.25) is 0 Å². The van der Waals surface area contributed by atoms with E-state index in [0.717, 1.165) is 5.56 Å². The monoisotopic (exact) mass is 183 g/mol. The van der Waals surface area contributed by atoms with Gasteiger partial charge in [-0.1, -0.05) is 12.1 Å². The van der Waals surface area contributed by atoms with Crippen LogP contribution in [-0.4, -0.2) is 17.3 Å². The average molecular weight is 183 g/mol. The van der Waals surface area contributed by atoms with Crippen LogP contribution in [0, 0.1) is 0 Å². The molecule has 1 aromatic carbocycles. The van der Waals surface area contributed by atoms with E-state index in [1.54, 1.807) is 31.2 Å². The molecule has 3 N–H and O–H groups in total. The molecule has 0 amide bonds. The predicted octanol–water partition coefficient (Wildman–Crippen LogP) is 1.62. The lowest BCUT2D eigenvalue weighted by Gasteiger charge is -2.11. The zero-order valence-corrected chi connectivity index (χ0v) is 7.57. The van der Waals surface area contributed by atoms with E-state index in [1.807, 2.05) is 0 Å². The van der Waals surface area contributed by atoms with E-state index < -0.39 is 12.2 Å². The molecule has 3 heteroatoms. The van der Waals surface area contributed by atoms with Gasteiger partial charge in [-0.2, -0.15) is 0 Å². The quantitative estimate of drug-likeness (QED) is 0.748. The van der Waals surface area contributed by atoms with E-state index in [0.29, 0.717) is 0 Å². The van der Waals surface area contributed by atoms with Crippen LogP contribution in [0.3, 0.4) is 0 Å². The molecular weight excluding hydrogens is 169 g/mol. The van der Waals surface area contributed by atoms with Crippen LogP contribution in [0.15, 0.2) is 24.3 Å². The molecular formula is C10H14FNO. The van der Waals surface area contributed by atoms with Crippen molar-refractivity contribution in [3.8, 4) is 5.75 Å². The van der Waals surface area contributed by atoms with Crippen LogP contribution in [0.4, 0.5) is 4.39 Å². The third-order valence-electron chi connectivity index (χ3n) is 1.91. The fourth-order valence-corrected chi connectivity index (χ4v) is 1.09. The number of alkyl halides is 1. The summed E-state index contributed by atoms with van der Waals surface area (Å²) >= 11 is 0. The van der Waals surface area contributed by atoms with Gasteiger partial charge in [0.25, 0.3) is 0 Å². The number of halogens is 1. The fraction of sp³-hybridized carbons (Fsp3) is 0.400. The first-order valence-corrected chi connectivity index (χ1v) is 4.27. The molecule has 0 spiro atoms. The van der Waals surface area contributed by atoms with Crippen molar-refractivity contribution < 1.29 is 9.50 Å². The third kappa shape index (κ3) is 3.03. The van der Waals surface area contributed by atoms with Crippen LogP contribution in [-0.2, 0) is 6.42 Å². The van der Waals surface area contributed by atoms with Gasteiger partial charge >= 0.3 is 0 Å². The Morgan fingerprint density at radius 1 is 1.54 bits per heavy atom. The lowest BCUT2D eigenvalue weighted by molar-refractivity contribution is 0.290. The van der Waals surface area contributed by atoms with Gasteiger partial charge in [0.05, 0.1) is 0 Å². The van der Waals surface area contributed by atoms with Crippen molar-refractivity contribution in [2.45, 2.75) is 25.6 Å². The summed E-state index contributed by atoms with van der Waals surface area (Å²) in [6, 6.07) is 6.10. The molecule has 0 aliphatic rings. The van der Waals surface area contributed by atoms with Crippen molar-refractivity contribution >= 4 is 0 Å². The summed E-state index contributed by atoms with van der Waals surface area (Å²) in [6.45, 7) is 1.63. The third-order valence-corrected chi connectivity index (χ3v) is 1.91. The SMILES string of the molecule is CC(N)C(F)Cc1cccc(O)c1. The minimum atomic E-state index is -1.05. The second kappa shape index (κ2) is 4.23. The van der Waals surface area contributed by atoms with E-state index >= 15 is 0 Å². The van der Waals surface area contributed by atoms with Crippen molar-refractivity contribution in [1.29, 1.82) is 0 Å². The molecule has 2 nitrogen and oxygen atoms in total. The van der Waals surface area contributed by atoms with E-state index in [1.165, 1.54) is 0 Å². The van der Waals surface area contributed by atoms with Crippen LogP contribution >= 0.6 is 0 Å². The second-order valence-electron chi connectivity index (χ2n) is 3.25. The van der Waals surface area contributed by atoms with Crippen LogP contribution in [0.1, 0.15) is 12.5 Å². The minimum Gasteiger partial charge on any atom is -0.508 e. The standard InChI is InChI=1S/C10H14FNO/c1-7(12)10(11)6-8-3-2-4-9(13)5-8/h2-5,7,10,13H,6,12H2,1H3. The Morgan fingerprint density at radius 3 is 2.77 bits per heavy atom. The molecule has 0 saturated heterocycles. The highest BCUT2D eigenvalue weighted by Crippen LogP contribution is 2.14. The summed E-state index contributed by atoms with van der Waals surface area (Å²) in [7, 11) is 0. The summed E-state index contributed by atoms with van der Waals surface area (Å²) in [5, 5.41) is 9.11. The number of rotatable bonds is 3. The first-order valence-electron chi connectivity index (χ1n) is 4.27. The number of aromatic hydroxyl groups is 1. The Kier molecular flexibility index (Phi) is 3.25. The Balaban J connectivity index is 2.64. The van der Waals surface area contributed by atoms with Crippen LogP contribution in [0.2, 0.25) is 0 Å².